The molecule has 0 aliphatic heterocycles. The summed E-state index contributed by atoms with van der Waals surface area (Å²) in [5, 5.41) is 8.76. The first kappa shape index (κ1) is 15.1. The predicted octanol–water partition coefficient (Wildman–Crippen LogP) is 2.30. The van der Waals surface area contributed by atoms with Crippen LogP contribution in [0.4, 0.5) is 0 Å². The van der Waals surface area contributed by atoms with Crippen LogP contribution in [0.1, 0.15) is 29.9 Å². The fourth-order valence-corrected chi connectivity index (χ4v) is 2.58. The molecule has 1 unspecified atom stereocenters. The molecule has 0 amide bonds. The third-order valence-electron chi connectivity index (χ3n) is 3.55. The van der Waals surface area contributed by atoms with E-state index in [-0.39, 0.29) is 12.5 Å². The molecular weight excluding hydrogens is 272 g/mol. The molecule has 0 heterocycles. The molecule has 5 heteroatoms. The topological polar surface area (TPSA) is 72.8 Å². The number of hydrogen-bond donors (Lipinski definition) is 1. The summed E-state index contributed by atoms with van der Waals surface area (Å²) >= 11 is 0. The Labute approximate surface area is 123 Å². The quantitative estimate of drug-likeness (QED) is 0.665. The van der Waals surface area contributed by atoms with Gasteiger partial charge in [-0.15, -0.1) is 0 Å². The summed E-state index contributed by atoms with van der Waals surface area (Å²) in [6.07, 6.45) is 5.63. The predicted molar refractivity (Wildman–Crippen MR) is 76.4 cm³/mol. The lowest BCUT2D eigenvalue weighted by molar-refractivity contribution is -0.143. The van der Waals surface area contributed by atoms with Crippen LogP contribution in [-0.4, -0.2) is 30.8 Å². The highest BCUT2D eigenvalue weighted by atomic mass is 16.6. The van der Waals surface area contributed by atoms with Crippen LogP contribution in [0.2, 0.25) is 0 Å². The van der Waals surface area contributed by atoms with Crippen LogP contribution in [-0.2, 0) is 20.7 Å². The van der Waals surface area contributed by atoms with Gasteiger partial charge < -0.3 is 14.6 Å². The molecule has 0 aromatic heterocycles. The Balaban J connectivity index is 2.21. The fourth-order valence-electron chi connectivity index (χ4n) is 2.58. The van der Waals surface area contributed by atoms with Gasteiger partial charge in [-0.05, 0) is 36.5 Å². The molecule has 112 valence electrons. The zero-order valence-corrected chi connectivity index (χ0v) is 11.9. The van der Waals surface area contributed by atoms with Gasteiger partial charge in [-0.3, -0.25) is 0 Å². The van der Waals surface area contributed by atoms with E-state index in [1.807, 2.05) is 18.2 Å². The maximum atomic E-state index is 11.2. The first-order chi connectivity index (χ1) is 10.1. The molecule has 1 aromatic rings. The molecular formula is C16H18O5. The Bertz CT molecular complexity index is 562. The second kappa shape index (κ2) is 6.92. The van der Waals surface area contributed by atoms with Crippen LogP contribution in [0.5, 0.6) is 5.75 Å². The van der Waals surface area contributed by atoms with Gasteiger partial charge >= 0.3 is 11.9 Å². The van der Waals surface area contributed by atoms with E-state index in [2.05, 4.69) is 4.74 Å². The van der Waals surface area contributed by atoms with E-state index in [1.54, 1.807) is 6.08 Å². The van der Waals surface area contributed by atoms with Gasteiger partial charge in [0, 0.05) is 12.0 Å². The number of carbonyl (C=O) groups is 2. The van der Waals surface area contributed by atoms with E-state index in [0.29, 0.717) is 5.75 Å². The van der Waals surface area contributed by atoms with Crippen LogP contribution in [0.15, 0.2) is 30.4 Å². The molecule has 1 aliphatic carbocycles. The van der Waals surface area contributed by atoms with Crippen LogP contribution in [0.3, 0.4) is 0 Å². The summed E-state index contributed by atoms with van der Waals surface area (Å²) in [7, 11) is 1.32. The third kappa shape index (κ3) is 3.84. The Morgan fingerprint density at radius 2 is 2.24 bits per heavy atom. The van der Waals surface area contributed by atoms with Gasteiger partial charge in [0.15, 0.2) is 6.61 Å². The summed E-state index contributed by atoms with van der Waals surface area (Å²) in [6, 6.07) is 5.67. The highest BCUT2D eigenvalue weighted by Gasteiger charge is 2.21. The number of carboxylic acids is 1. The fraction of sp³-hybridized carbons (Fsp3) is 0.375. The normalized spacial score (nSPS) is 17.3. The van der Waals surface area contributed by atoms with Gasteiger partial charge in [0.1, 0.15) is 5.75 Å². The summed E-state index contributed by atoms with van der Waals surface area (Å²) in [4.78, 5) is 21.8. The minimum atomic E-state index is -0.944. The van der Waals surface area contributed by atoms with Crippen molar-refractivity contribution in [2.75, 3.05) is 13.7 Å². The zero-order chi connectivity index (χ0) is 15.2. The second-order valence-electron chi connectivity index (χ2n) is 4.88. The highest BCUT2D eigenvalue weighted by molar-refractivity contribution is 5.80. The number of carboxylic acid groups (broad SMARTS) is 1. The maximum Gasteiger partial charge on any atom is 0.343 e. The Hall–Kier alpha value is -2.30. The minimum absolute atomic E-state index is 0.0755. The van der Waals surface area contributed by atoms with E-state index in [0.717, 1.165) is 30.4 Å². The van der Waals surface area contributed by atoms with Crippen molar-refractivity contribution in [3.63, 3.8) is 0 Å². The lowest BCUT2D eigenvalue weighted by atomic mass is 9.82. The Morgan fingerprint density at radius 1 is 1.43 bits per heavy atom. The molecule has 5 nitrogen and oxygen atoms in total. The molecule has 0 fully saturated rings. The number of rotatable bonds is 5. The summed E-state index contributed by atoms with van der Waals surface area (Å²) in [5.74, 6) is -0.621. The zero-order valence-electron chi connectivity index (χ0n) is 11.9. The molecule has 1 aliphatic rings. The lowest BCUT2D eigenvalue weighted by Gasteiger charge is -2.25. The van der Waals surface area contributed by atoms with Crippen molar-refractivity contribution in [3.05, 3.63) is 41.5 Å². The molecule has 0 saturated carbocycles. The average molecular weight is 290 g/mol. The number of ether oxygens (including phenoxy) is 2. The van der Waals surface area contributed by atoms with Crippen molar-refractivity contribution in [1.82, 2.24) is 0 Å². The first-order valence-electron chi connectivity index (χ1n) is 6.84. The smallest absolute Gasteiger partial charge is 0.343 e. The van der Waals surface area contributed by atoms with Gasteiger partial charge in [-0.25, -0.2) is 9.59 Å². The Kier molecular flexibility index (Phi) is 4.98. The average Bonchev–Trinajstić information content (AvgIpc) is 2.50. The van der Waals surface area contributed by atoms with Crippen LogP contribution in [0.25, 0.3) is 0 Å². The molecule has 2 rings (SSSR count). The summed E-state index contributed by atoms with van der Waals surface area (Å²) in [5.41, 5.74) is 2.12. The van der Waals surface area contributed by atoms with Crippen LogP contribution < -0.4 is 4.74 Å². The first-order valence-corrected chi connectivity index (χ1v) is 6.84. The number of benzene rings is 1. The van der Waals surface area contributed by atoms with Gasteiger partial charge in [0.2, 0.25) is 0 Å². The van der Waals surface area contributed by atoms with Crippen molar-refractivity contribution in [3.8, 4) is 5.75 Å². The standard InChI is InChI=1S/C16H18O5/c1-20-16(19)10-21-14-7-3-5-12-11(8-9-15(17)18)4-2-6-13(12)14/h3,5,7-9,11H,2,4,6,10H2,1H3,(H,17,18)/b9-8-. The minimum Gasteiger partial charge on any atom is -0.482 e. The molecule has 0 bridgehead atoms. The summed E-state index contributed by atoms with van der Waals surface area (Å²) in [6.45, 7) is -0.122. The largest absolute Gasteiger partial charge is 0.482 e. The van der Waals surface area contributed by atoms with Gasteiger partial charge in [0.25, 0.3) is 0 Å². The SMILES string of the molecule is COC(=O)COc1cccc2c1CCCC2/C=C\C(=O)O. The van der Waals surface area contributed by atoms with E-state index in [9.17, 15) is 9.59 Å². The van der Waals surface area contributed by atoms with Crippen molar-refractivity contribution in [2.24, 2.45) is 0 Å². The third-order valence-corrected chi connectivity index (χ3v) is 3.55. The number of aliphatic carboxylic acids is 1. The van der Waals surface area contributed by atoms with Crippen molar-refractivity contribution in [2.45, 2.75) is 25.2 Å². The second-order valence-corrected chi connectivity index (χ2v) is 4.88. The van der Waals surface area contributed by atoms with Gasteiger partial charge in [0.05, 0.1) is 7.11 Å². The lowest BCUT2D eigenvalue weighted by Crippen LogP contribution is -2.15. The maximum absolute atomic E-state index is 11.2. The molecule has 21 heavy (non-hydrogen) atoms. The van der Waals surface area contributed by atoms with Gasteiger partial charge in [-0.1, -0.05) is 18.2 Å². The number of carbonyl (C=O) groups excluding carboxylic acids is 1. The summed E-state index contributed by atoms with van der Waals surface area (Å²) < 4.78 is 10.1. The highest BCUT2D eigenvalue weighted by Crippen LogP contribution is 2.37. The molecule has 1 aromatic carbocycles. The van der Waals surface area contributed by atoms with Crippen molar-refractivity contribution >= 4 is 11.9 Å². The Morgan fingerprint density at radius 3 is 2.95 bits per heavy atom. The number of hydrogen-bond acceptors (Lipinski definition) is 4. The molecule has 0 radical (unpaired) electrons. The molecule has 0 spiro atoms. The van der Waals surface area contributed by atoms with Crippen LogP contribution >= 0.6 is 0 Å². The number of methoxy groups -OCH3 is 1. The van der Waals surface area contributed by atoms with Crippen molar-refractivity contribution < 1.29 is 24.2 Å². The van der Waals surface area contributed by atoms with Crippen LogP contribution in [0, 0.1) is 0 Å². The number of fused-ring (bicyclic) bond motifs is 1. The number of esters is 1. The van der Waals surface area contributed by atoms with E-state index < -0.39 is 11.9 Å². The van der Waals surface area contributed by atoms with E-state index in [4.69, 9.17) is 9.84 Å². The number of allylic oxidation sites excluding steroid dienone is 1. The van der Waals surface area contributed by atoms with Gasteiger partial charge in [-0.2, -0.15) is 0 Å². The molecule has 1 atom stereocenters. The van der Waals surface area contributed by atoms with Crippen molar-refractivity contribution in [1.29, 1.82) is 0 Å². The molecule has 1 N–H and O–H groups in total. The molecule has 0 saturated heterocycles. The van der Waals surface area contributed by atoms with E-state index in [1.165, 1.54) is 13.2 Å². The van der Waals surface area contributed by atoms with E-state index >= 15 is 0 Å². The monoisotopic (exact) mass is 290 g/mol.